The fourth-order valence-electron chi connectivity index (χ4n) is 8.95. The molecule has 2 aliphatic heterocycles. The van der Waals surface area contributed by atoms with Crippen LogP contribution >= 0.6 is 0 Å². The maximum Gasteiger partial charge on any atom is 0.332 e. The molecule has 4 aromatic carbocycles. The average molecular weight is 1030 g/mol. The second kappa shape index (κ2) is 23.5. The van der Waals surface area contributed by atoms with Gasteiger partial charge in [-0.05, 0) is 110 Å². The number of carbonyl (C=O) groups excluding carboxylic acids is 8. The number of nitrogens with one attached hydrogen (secondary N) is 6. The minimum atomic E-state index is -1.10. The lowest BCUT2D eigenvalue weighted by Gasteiger charge is -2.15. The van der Waals surface area contributed by atoms with Crippen molar-refractivity contribution in [1.29, 1.82) is 0 Å². The Hall–Kier alpha value is -8.66. The summed E-state index contributed by atoms with van der Waals surface area (Å²) in [6.45, 7) is 7.43. The zero-order chi connectivity index (χ0) is 52.8. The van der Waals surface area contributed by atoms with Crippen LogP contribution in [-0.4, -0.2) is 109 Å². The second-order valence-electron chi connectivity index (χ2n) is 19.0. The lowest BCUT2D eigenvalue weighted by Crippen LogP contribution is -2.32. The smallest absolute Gasteiger partial charge is 0.332 e. The topological polar surface area (TPSA) is 325 Å². The third-order valence-corrected chi connectivity index (χ3v) is 12.4. The molecule has 2 fully saturated rings. The molecule has 392 valence electrons. The van der Waals surface area contributed by atoms with Crippen LogP contribution in [-0.2, 0) is 67.4 Å². The van der Waals surface area contributed by atoms with Crippen LogP contribution in [0.2, 0.25) is 0 Å². The number of ether oxygens (including phenoxy) is 2. The van der Waals surface area contributed by atoms with Gasteiger partial charge < -0.3 is 46.2 Å². The largest absolute Gasteiger partial charge is 0.443 e. The molecule has 2 aliphatic rings. The van der Waals surface area contributed by atoms with Gasteiger partial charge in [0.25, 0.3) is 23.6 Å². The van der Waals surface area contributed by atoms with Gasteiger partial charge in [0.2, 0.25) is 0 Å². The fourth-order valence-corrected chi connectivity index (χ4v) is 8.95. The van der Waals surface area contributed by atoms with Crippen molar-refractivity contribution in [3.05, 3.63) is 154 Å². The number of hydrogen-bond acceptors (Lipinski definition) is 12. The number of hydrogen-bond donors (Lipinski definition) is 8. The van der Waals surface area contributed by atoms with Crippen molar-refractivity contribution in [3.63, 3.8) is 0 Å². The lowest BCUT2D eigenvalue weighted by molar-refractivity contribution is -0.145. The summed E-state index contributed by atoms with van der Waals surface area (Å²) in [6, 6.07) is 21.9. The summed E-state index contributed by atoms with van der Waals surface area (Å²) in [5.41, 5.74) is 19.1. The van der Waals surface area contributed by atoms with Gasteiger partial charge in [0.15, 0.2) is 12.5 Å². The van der Waals surface area contributed by atoms with Crippen LogP contribution in [0.3, 0.4) is 0 Å². The number of aromatic amines is 2. The Morgan fingerprint density at radius 3 is 1.37 bits per heavy atom. The van der Waals surface area contributed by atoms with E-state index in [9.17, 15) is 38.4 Å². The number of fused-ring (bicyclic) bond motifs is 2. The van der Waals surface area contributed by atoms with E-state index in [2.05, 4.69) is 31.2 Å². The van der Waals surface area contributed by atoms with Crippen molar-refractivity contribution < 1.29 is 53.3 Å². The molecule has 2 aromatic heterocycles. The molecule has 4 heterocycles. The number of nitrogens with two attached hydrogens (primary N) is 2. The van der Waals surface area contributed by atoms with Gasteiger partial charge in [-0.25, -0.2) is 19.2 Å². The number of aromatic nitrogens is 2. The van der Waals surface area contributed by atoms with Crippen LogP contribution in [0.4, 0.5) is 9.59 Å². The summed E-state index contributed by atoms with van der Waals surface area (Å²) in [7, 11) is 0. The van der Waals surface area contributed by atoms with E-state index in [1.165, 1.54) is 0 Å². The second-order valence-corrected chi connectivity index (χ2v) is 19.0. The molecule has 8 rings (SSSR count). The van der Waals surface area contributed by atoms with E-state index < -0.39 is 60.4 Å². The first-order valence-corrected chi connectivity index (χ1v) is 24.2. The number of H-pyrrole nitrogens is 2. The van der Waals surface area contributed by atoms with E-state index >= 15 is 0 Å². The van der Waals surface area contributed by atoms with Gasteiger partial charge in [-0.15, -0.1) is 0 Å². The molecular weight excluding hydrogens is 965 g/mol. The molecule has 0 aliphatic carbocycles. The molecule has 0 spiro atoms. The number of amides is 8. The third-order valence-electron chi connectivity index (χ3n) is 12.4. The van der Waals surface area contributed by atoms with Crippen molar-refractivity contribution in [3.8, 4) is 0 Å². The van der Waals surface area contributed by atoms with Crippen LogP contribution < -0.4 is 32.7 Å². The maximum absolute atomic E-state index is 13.4. The van der Waals surface area contributed by atoms with Gasteiger partial charge in [0, 0.05) is 95.2 Å². The van der Waals surface area contributed by atoms with Crippen LogP contribution in [0.5, 0.6) is 0 Å². The van der Waals surface area contributed by atoms with E-state index in [1.54, 1.807) is 60.9 Å². The molecule has 0 radical (unpaired) electrons. The molecule has 2 saturated heterocycles. The molecule has 0 bridgehead atoms. The van der Waals surface area contributed by atoms with Gasteiger partial charge in [0.1, 0.15) is 12.1 Å². The summed E-state index contributed by atoms with van der Waals surface area (Å²) in [4.78, 5) is 112. The Morgan fingerprint density at radius 2 is 0.987 bits per heavy atom. The molecule has 6 aromatic rings. The van der Waals surface area contributed by atoms with E-state index in [4.69, 9.17) is 20.9 Å². The summed E-state index contributed by atoms with van der Waals surface area (Å²) in [6.07, 6.45) is 3.67. The normalized spacial score (nSPS) is 16.4. The Balaban J connectivity index is 0.00000820. The van der Waals surface area contributed by atoms with Crippen molar-refractivity contribution in [1.82, 2.24) is 41.0 Å². The molecule has 8 amide bonds. The van der Waals surface area contributed by atoms with Crippen molar-refractivity contribution in [2.24, 2.45) is 11.5 Å². The lowest BCUT2D eigenvalue weighted by atomic mass is 10.0. The van der Waals surface area contributed by atoms with Gasteiger partial charge in [-0.3, -0.25) is 40.4 Å². The molecule has 12 N–H and O–H groups in total. The van der Waals surface area contributed by atoms with Crippen molar-refractivity contribution in [2.45, 2.75) is 103 Å². The highest BCUT2D eigenvalue weighted by Crippen LogP contribution is 2.26. The Bertz CT molecular complexity index is 2990. The van der Waals surface area contributed by atoms with Gasteiger partial charge >= 0.3 is 24.0 Å². The highest BCUT2D eigenvalue weighted by Gasteiger charge is 2.39. The molecular formula is C54H60N10O11. The molecule has 21 heteroatoms. The van der Waals surface area contributed by atoms with E-state index in [0.717, 1.165) is 66.0 Å². The van der Waals surface area contributed by atoms with E-state index in [1.807, 2.05) is 64.1 Å². The molecule has 0 saturated carbocycles. The third kappa shape index (κ3) is 13.3. The SMILES string of the molecule is CC(C)NC(=O)c1cccc(CN2C(=O)NC(Cc3ccc4[nH]cc(CC(N)OC(=O)/C=C\C(=O)OC(N)Cc5c[nH]c6ccc(CC7NC(=O)N(Cc8cccc(C(=O)NC(C)C)c8)C7=O)cc56)c4c3)C2=O)c1.O. The first kappa shape index (κ1) is 54.1. The predicted molar refractivity (Wildman–Crippen MR) is 276 cm³/mol. The quantitative estimate of drug-likeness (QED) is 0.0236. The number of carbonyl (C=O) groups is 8. The number of esters is 2. The first-order chi connectivity index (χ1) is 35.4. The van der Waals surface area contributed by atoms with Gasteiger partial charge in [-0.1, -0.05) is 36.4 Å². The van der Waals surface area contributed by atoms with Gasteiger partial charge in [-0.2, -0.15) is 0 Å². The molecule has 4 atom stereocenters. The summed E-state index contributed by atoms with van der Waals surface area (Å²) in [5, 5.41) is 12.7. The number of imide groups is 2. The molecule has 21 nitrogen and oxygen atoms in total. The Kier molecular flexibility index (Phi) is 16.9. The minimum Gasteiger partial charge on any atom is -0.443 e. The zero-order valence-electron chi connectivity index (χ0n) is 41.7. The standard InChI is InChI=1S/C54H58N10O10.H2O/c1-29(2)59-49(67)35-9-5-7-33(17-35)27-63-51(69)43(61-53(63)71)21-31-11-13-41-39(19-31)37(25-57-41)23-45(55)73-47(65)15-16-48(66)74-46(56)24-38-26-58-42-14-12-32(20-40(38)42)22-44-52(70)64(54(72)62-44)28-34-8-6-10-36(18-34)50(68)60-30(3)4;/h5-20,25-26,29-30,43-46,57-58H,21-24,27-28,55-56H2,1-4H3,(H,59,67)(H,60,68)(H,61,71)(H,62,72);1H2/b16-15-;. The Morgan fingerprint density at radius 1 is 0.587 bits per heavy atom. The van der Waals surface area contributed by atoms with Crippen molar-refractivity contribution >= 4 is 69.4 Å². The Labute approximate surface area is 431 Å². The summed E-state index contributed by atoms with van der Waals surface area (Å²) < 4.78 is 10.7. The predicted octanol–water partition coefficient (Wildman–Crippen LogP) is 3.42. The zero-order valence-corrected chi connectivity index (χ0v) is 41.7. The highest BCUT2D eigenvalue weighted by molar-refractivity contribution is 6.05. The molecule has 75 heavy (non-hydrogen) atoms. The minimum absolute atomic E-state index is 0. The number of benzene rings is 4. The summed E-state index contributed by atoms with van der Waals surface area (Å²) >= 11 is 0. The maximum atomic E-state index is 13.4. The molecule has 4 unspecified atom stereocenters. The van der Waals surface area contributed by atoms with Crippen LogP contribution in [0, 0.1) is 0 Å². The first-order valence-electron chi connectivity index (χ1n) is 24.2. The van der Waals surface area contributed by atoms with Crippen LogP contribution in [0.25, 0.3) is 21.8 Å². The van der Waals surface area contributed by atoms with Crippen LogP contribution in [0.1, 0.15) is 81.8 Å². The van der Waals surface area contributed by atoms with Crippen LogP contribution in [0.15, 0.2) is 109 Å². The van der Waals surface area contributed by atoms with Crippen molar-refractivity contribution in [2.75, 3.05) is 0 Å². The highest BCUT2D eigenvalue weighted by atomic mass is 16.6. The number of nitrogens with zero attached hydrogens (tertiary/aromatic N) is 2. The number of rotatable bonds is 20. The number of urea groups is 2. The monoisotopic (exact) mass is 1020 g/mol. The average Bonchev–Trinajstić information content (AvgIpc) is 4.08. The van der Waals surface area contributed by atoms with E-state index in [-0.39, 0.29) is 68.1 Å². The fraction of sp³-hybridized carbons (Fsp3) is 0.296. The van der Waals surface area contributed by atoms with Gasteiger partial charge in [0.05, 0.1) is 13.1 Å². The summed E-state index contributed by atoms with van der Waals surface area (Å²) in [5.74, 6) is -3.07. The van der Waals surface area contributed by atoms with E-state index in [0.29, 0.717) is 22.3 Å².